The van der Waals surface area contributed by atoms with Gasteiger partial charge in [0.15, 0.2) is 0 Å². The summed E-state index contributed by atoms with van der Waals surface area (Å²) in [4.78, 5) is 40.2. The van der Waals surface area contributed by atoms with E-state index in [1.165, 1.54) is 0 Å². The first kappa shape index (κ1) is 22.7. The molecule has 0 radical (unpaired) electrons. The maximum atomic E-state index is 13.0. The number of amides is 2. The van der Waals surface area contributed by atoms with E-state index in [2.05, 4.69) is 25.1 Å². The second kappa shape index (κ2) is 10.9. The number of nitrogens with zero attached hydrogens (tertiary/aromatic N) is 5. The highest BCUT2D eigenvalue weighted by Crippen LogP contribution is 2.19. The standard InChI is InChI=1S/C24H30N6O3/c1-33-21-8-3-2-6-19(21)7-4-12-28-13-11-25-23(32)20(28)18-22(31)29-14-16-30(17-15-29)24-26-9-5-10-27-24/h2-10,20H,11-18H2,1H3,(H,25,32)/b7-4+/t20-/m0/s1. The number of carbonyl (C=O) groups is 2. The van der Waals surface area contributed by atoms with Crippen LogP contribution in [0, 0.1) is 0 Å². The molecule has 2 aromatic rings. The molecule has 9 nitrogen and oxygen atoms in total. The smallest absolute Gasteiger partial charge is 0.237 e. The van der Waals surface area contributed by atoms with Crippen LogP contribution in [0.5, 0.6) is 5.75 Å². The number of nitrogens with one attached hydrogen (secondary N) is 1. The highest BCUT2D eigenvalue weighted by Gasteiger charge is 2.33. The van der Waals surface area contributed by atoms with E-state index in [4.69, 9.17) is 4.74 Å². The average molecular weight is 451 g/mol. The molecule has 3 heterocycles. The molecule has 0 spiro atoms. The van der Waals surface area contributed by atoms with Crippen LogP contribution in [0.4, 0.5) is 5.95 Å². The van der Waals surface area contributed by atoms with Crippen LogP contribution in [-0.2, 0) is 9.59 Å². The van der Waals surface area contributed by atoms with Crippen molar-refractivity contribution in [3.8, 4) is 5.75 Å². The van der Waals surface area contributed by atoms with E-state index >= 15 is 0 Å². The van der Waals surface area contributed by atoms with E-state index in [-0.39, 0.29) is 18.2 Å². The lowest BCUT2D eigenvalue weighted by atomic mass is 10.1. The van der Waals surface area contributed by atoms with Crippen molar-refractivity contribution in [1.82, 2.24) is 25.1 Å². The molecular weight excluding hydrogens is 420 g/mol. The van der Waals surface area contributed by atoms with Gasteiger partial charge in [-0.2, -0.15) is 0 Å². The molecular formula is C24H30N6O3. The zero-order valence-electron chi connectivity index (χ0n) is 18.9. The first-order valence-electron chi connectivity index (χ1n) is 11.3. The molecule has 2 saturated heterocycles. The fraction of sp³-hybridized carbons (Fsp3) is 0.417. The fourth-order valence-corrected chi connectivity index (χ4v) is 4.23. The largest absolute Gasteiger partial charge is 0.496 e. The minimum absolute atomic E-state index is 0.00406. The van der Waals surface area contributed by atoms with Crippen molar-refractivity contribution in [2.75, 3.05) is 57.8 Å². The number of anilines is 1. The van der Waals surface area contributed by atoms with Crippen LogP contribution >= 0.6 is 0 Å². The Hall–Kier alpha value is -3.46. The van der Waals surface area contributed by atoms with Crippen LogP contribution in [0.3, 0.4) is 0 Å². The molecule has 1 aromatic carbocycles. The van der Waals surface area contributed by atoms with E-state index in [0.717, 1.165) is 11.3 Å². The van der Waals surface area contributed by atoms with Crippen molar-refractivity contribution in [2.24, 2.45) is 0 Å². The van der Waals surface area contributed by atoms with Crippen LogP contribution in [0.25, 0.3) is 6.08 Å². The Morgan fingerprint density at radius 1 is 1.12 bits per heavy atom. The number of hydrogen-bond acceptors (Lipinski definition) is 7. The third-order valence-corrected chi connectivity index (χ3v) is 6.05. The first-order valence-corrected chi connectivity index (χ1v) is 11.3. The lowest BCUT2D eigenvalue weighted by molar-refractivity contribution is -0.138. The van der Waals surface area contributed by atoms with E-state index in [0.29, 0.717) is 51.8 Å². The second-order valence-electron chi connectivity index (χ2n) is 8.07. The molecule has 1 atom stereocenters. The Bertz CT molecular complexity index is 975. The summed E-state index contributed by atoms with van der Waals surface area (Å²) in [5.41, 5.74) is 0.981. The summed E-state index contributed by atoms with van der Waals surface area (Å²) >= 11 is 0. The molecule has 2 fully saturated rings. The van der Waals surface area contributed by atoms with Gasteiger partial charge in [-0.05, 0) is 12.1 Å². The Balaban J connectivity index is 1.33. The zero-order chi connectivity index (χ0) is 23.0. The molecule has 9 heteroatoms. The van der Waals surface area contributed by atoms with Crippen molar-refractivity contribution in [1.29, 1.82) is 0 Å². The minimum Gasteiger partial charge on any atom is -0.496 e. The molecule has 174 valence electrons. The van der Waals surface area contributed by atoms with Crippen molar-refractivity contribution in [3.63, 3.8) is 0 Å². The lowest BCUT2D eigenvalue weighted by Gasteiger charge is -2.37. The number of para-hydroxylation sites is 1. The monoisotopic (exact) mass is 450 g/mol. The highest BCUT2D eigenvalue weighted by atomic mass is 16.5. The summed E-state index contributed by atoms with van der Waals surface area (Å²) in [6.45, 7) is 4.43. The quantitative estimate of drug-likeness (QED) is 0.674. The van der Waals surface area contributed by atoms with Crippen LogP contribution in [0.2, 0.25) is 0 Å². The third kappa shape index (κ3) is 5.67. The molecule has 2 amide bonds. The van der Waals surface area contributed by atoms with Crippen LogP contribution in [-0.4, -0.2) is 90.5 Å². The van der Waals surface area contributed by atoms with Gasteiger partial charge in [0.25, 0.3) is 0 Å². The molecule has 0 bridgehead atoms. The Kier molecular flexibility index (Phi) is 7.51. The molecule has 0 aliphatic carbocycles. The number of benzene rings is 1. The fourth-order valence-electron chi connectivity index (χ4n) is 4.23. The summed E-state index contributed by atoms with van der Waals surface area (Å²) in [5, 5.41) is 2.91. The SMILES string of the molecule is COc1ccccc1/C=C/CN1CCNC(=O)[C@@H]1CC(=O)N1CCN(c2ncccn2)CC1. The minimum atomic E-state index is -0.468. The zero-order valence-corrected chi connectivity index (χ0v) is 18.9. The Morgan fingerprint density at radius 3 is 2.64 bits per heavy atom. The van der Waals surface area contributed by atoms with Gasteiger partial charge in [-0.1, -0.05) is 30.4 Å². The first-order chi connectivity index (χ1) is 16.2. The van der Waals surface area contributed by atoms with Crippen LogP contribution in [0.15, 0.2) is 48.8 Å². The van der Waals surface area contributed by atoms with Gasteiger partial charge >= 0.3 is 0 Å². The van der Waals surface area contributed by atoms with Gasteiger partial charge in [0.05, 0.1) is 19.6 Å². The van der Waals surface area contributed by atoms with E-state index in [1.54, 1.807) is 25.6 Å². The van der Waals surface area contributed by atoms with Gasteiger partial charge in [0.1, 0.15) is 5.75 Å². The van der Waals surface area contributed by atoms with Crippen LogP contribution in [0.1, 0.15) is 12.0 Å². The number of hydrogen-bond donors (Lipinski definition) is 1. The third-order valence-electron chi connectivity index (χ3n) is 6.05. The molecule has 2 aliphatic heterocycles. The predicted octanol–water partition coefficient (Wildman–Crippen LogP) is 1.04. The molecule has 1 aromatic heterocycles. The summed E-state index contributed by atoms with van der Waals surface area (Å²) in [6.07, 6.45) is 7.63. The number of piperazine rings is 2. The normalized spacial score (nSPS) is 19.5. The summed E-state index contributed by atoms with van der Waals surface area (Å²) in [7, 11) is 1.65. The lowest BCUT2D eigenvalue weighted by Crippen LogP contribution is -2.57. The molecule has 0 unspecified atom stereocenters. The number of methoxy groups -OCH3 is 1. The predicted molar refractivity (Wildman–Crippen MR) is 126 cm³/mol. The Morgan fingerprint density at radius 2 is 1.88 bits per heavy atom. The van der Waals surface area contributed by atoms with Crippen molar-refractivity contribution >= 4 is 23.8 Å². The molecule has 1 N–H and O–H groups in total. The van der Waals surface area contributed by atoms with Gasteiger partial charge in [0, 0.05) is 63.8 Å². The second-order valence-corrected chi connectivity index (χ2v) is 8.07. The number of aromatic nitrogens is 2. The topological polar surface area (TPSA) is 90.9 Å². The van der Waals surface area contributed by atoms with Gasteiger partial charge < -0.3 is 19.9 Å². The van der Waals surface area contributed by atoms with Crippen LogP contribution < -0.4 is 15.0 Å². The summed E-state index contributed by atoms with van der Waals surface area (Å²) in [5.74, 6) is 1.40. The van der Waals surface area contributed by atoms with Crippen molar-refractivity contribution in [2.45, 2.75) is 12.5 Å². The van der Waals surface area contributed by atoms with E-state index < -0.39 is 6.04 Å². The van der Waals surface area contributed by atoms with E-state index in [9.17, 15) is 9.59 Å². The number of rotatable bonds is 7. The van der Waals surface area contributed by atoms with Crippen molar-refractivity contribution < 1.29 is 14.3 Å². The number of carbonyl (C=O) groups excluding carboxylic acids is 2. The maximum absolute atomic E-state index is 13.0. The summed E-state index contributed by atoms with van der Waals surface area (Å²) in [6, 6.07) is 9.11. The van der Waals surface area contributed by atoms with Gasteiger partial charge in [-0.3, -0.25) is 14.5 Å². The molecule has 0 saturated carbocycles. The number of ether oxygens (including phenoxy) is 1. The molecule has 2 aliphatic rings. The average Bonchev–Trinajstić information content (AvgIpc) is 2.87. The van der Waals surface area contributed by atoms with E-state index in [1.807, 2.05) is 41.3 Å². The molecule has 4 rings (SSSR count). The van der Waals surface area contributed by atoms with Gasteiger partial charge in [-0.15, -0.1) is 0 Å². The molecule has 33 heavy (non-hydrogen) atoms. The van der Waals surface area contributed by atoms with Crippen molar-refractivity contribution in [3.05, 3.63) is 54.4 Å². The summed E-state index contributed by atoms with van der Waals surface area (Å²) < 4.78 is 5.39. The van der Waals surface area contributed by atoms with Gasteiger partial charge in [0.2, 0.25) is 17.8 Å². The maximum Gasteiger partial charge on any atom is 0.237 e. The Labute approximate surface area is 194 Å². The highest BCUT2D eigenvalue weighted by molar-refractivity contribution is 5.89. The van der Waals surface area contributed by atoms with Gasteiger partial charge in [-0.25, -0.2) is 9.97 Å².